The molecule has 0 radical (unpaired) electrons. The molecule has 2 aromatic rings. The first-order chi connectivity index (χ1) is 9.08. The normalized spacial score (nSPS) is 14.6. The number of nitrogens with zero attached hydrogens (tertiary/aromatic N) is 1. The van der Waals surface area contributed by atoms with E-state index in [0.717, 1.165) is 12.8 Å². The molecule has 0 saturated heterocycles. The van der Waals surface area contributed by atoms with Crippen LogP contribution in [0.3, 0.4) is 0 Å². The van der Waals surface area contributed by atoms with E-state index in [1.807, 2.05) is 0 Å². The first-order valence-corrected chi connectivity index (χ1v) is 6.64. The van der Waals surface area contributed by atoms with Crippen LogP contribution in [0.5, 0.6) is 0 Å². The van der Waals surface area contributed by atoms with Crippen molar-refractivity contribution in [1.82, 2.24) is 9.55 Å². The molecule has 3 rings (SSSR count). The summed E-state index contributed by atoms with van der Waals surface area (Å²) in [6.45, 7) is 0. The molecule has 1 saturated carbocycles. The van der Waals surface area contributed by atoms with Crippen LogP contribution in [0, 0.1) is 0 Å². The van der Waals surface area contributed by atoms with Crippen LogP contribution in [0.4, 0.5) is 0 Å². The maximum Gasteiger partial charge on any atom is 0.329 e. The molecule has 4 nitrogen and oxygen atoms in total. The largest absolute Gasteiger partial charge is 0.329 e. The summed E-state index contributed by atoms with van der Waals surface area (Å²) < 4.78 is 1.24. The van der Waals surface area contributed by atoms with Gasteiger partial charge in [0.1, 0.15) is 5.15 Å². The number of rotatable bonds is 2. The van der Waals surface area contributed by atoms with Crippen molar-refractivity contribution in [2.75, 3.05) is 0 Å². The van der Waals surface area contributed by atoms with Gasteiger partial charge >= 0.3 is 5.69 Å². The van der Waals surface area contributed by atoms with Crippen molar-refractivity contribution >= 4 is 23.2 Å². The summed E-state index contributed by atoms with van der Waals surface area (Å²) in [6, 6.07) is 6.83. The molecule has 19 heavy (non-hydrogen) atoms. The van der Waals surface area contributed by atoms with Crippen molar-refractivity contribution in [3.63, 3.8) is 0 Å². The molecule has 0 bridgehead atoms. The highest BCUT2D eigenvalue weighted by atomic mass is 35.5. The molecule has 0 unspecified atom stereocenters. The Balaban J connectivity index is 2.29. The molecule has 1 heterocycles. The third-order valence-corrected chi connectivity index (χ3v) is 3.63. The maximum atomic E-state index is 12.4. The van der Waals surface area contributed by atoms with Crippen LogP contribution < -0.4 is 11.2 Å². The zero-order valence-corrected chi connectivity index (χ0v) is 11.3. The Labute approximate surface area is 118 Å². The van der Waals surface area contributed by atoms with Gasteiger partial charge in [-0.25, -0.2) is 4.79 Å². The number of aromatic amines is 1. The van der Waals surface area contributed by atoms with Crippen LogP contribution >= 0.6 is 23.2 Å². The van der Waals surface area contributed by atoms with E-state index in [0.29, 0.717) is 10.6 Å². The minimum Gasteiger partial charge on any atom is -0.297 e. The molecule has 98 valence electrons. The van der Waals surface area contributed by atoms with Crippen molar-refractivity contribution < 1.29 is 0 Å². The molecular formula is C13H10Cl2N2O2. The van der Waals surface area contributed by atoms with E-state index in [-0.39, 0.29) is 22.3 Å². The Kier molecular flexibility index (Phi) is 2.99. The Bertz CT molecular complexity index is 760. The van der Waals surface area contributed by atoms with Gasteiger partial charge in [0.15, 0.2) is 0 Å². The van der Waals surface area contributed by atoms with Crippen LogP contribution in [-0.2, 0) is 0 Å². The minimum atomic E-state index is -0.455. The summed E-state index contributed by atoms with van der Waals surface area (Å²) in [4.78, 5) is 26.7. The molecule has 1 aliphatic rings. The average Bonchev–Trinajstić information content (AvgIpc) is 3.12. The Morgan fingerprint density at radius 2 is 1.95 bits per heavy atom. The second kappa shape index (κ2) is 4.54. The molecular weight excluding hydrogens is 287 g/mol. The predicted molar refractivity (Wildman–Crippen MR) is 75.0 cm³/mol. The predicted octanol–water partition coefficient (Wildman–Crippen LogP) is 2.85. The highest BCUT2D eigenvalue weighted by molar-refractivity contribution is 6.32. The first-order valence-electron chi connectivity index (χ1n) is 5.88. The van der Waals surface area contributed by atoms with E-state index in [9.17, 15) is 9.59 Å². The third-order valence-electron chi connectivity index (χ3n) is 3.11. The number of benzene rings is 1. The van der Waals surface area contributed by atoms with Crippen LogP contribution in [-0.4, -0.2) is 9.55 Å². The highest BCUT2D eigenvalue weighted by Gasteiger charge is 2.28. The minimum absolute atomic E-state index is 0.00792. The van der Waals surface area contributed by atoms with Crippen molar-refractivity contribution in [3.05, 3.63) is 55.3 Å². The summed E-state index contributed by atoms with van der Waals surface area (Å²) in [5, 5.41) is 0.561. The molecule has 1 aromatic heterocycles. The fraction of sp³-hybridized carbons (Fsp3) is 0.231. The average molecular weight is 297 g/mol. The standard InChI is InChI=1S/C13H10Cl2N2O2/c14-8-3-1-2-7(6-8)10-11(15)16-13(19)17(12(10)18)9-4-5-9/h1-3,6,9H,4-5H2,(H,16,19). The second-order valence-electron chi connectivity index (χ2n) is 4.54. The van der Waals surface area contributed by atoms with E-state index in [4.69, 9.17) is 23.2 Å². The number of nitrogens with one attached hydrogen (secondary N) is 1. The van der Waals surface area contributed by atoms with Gasteiger partial charge in [-0.3, -0.25) is 14.3 Å². The molecule has 1 aromatic carbocycles. The Morgan fingerprint density at radius 1 is 1.21 bits per heavy atom. The first kappa shape index (κ1) is 12.5. The molecule has 6 heteroatoms. The van der Waals surface area contributed by atoms with Gasteiger partial charge in [-0.1, -0.05) is 35.3 Å². The molecule has 0 aliphatic heterocycles. The molecule has 1 aliphatic carbocycles. The lowest BCUT2D eigenvalue weighted by molar-refractivity contribution is 0.657. The van der Waals surface area contributed by atoms with Gasteiger partial charge < -0.3 is 0 Å². The number of aromatic nitrogens is 2. The fourth-order valence-corrected chi connectivity index (χ4v) is 2.54. The zero-order valence-electron chi connectivity index (χ0n) is 9.82. The number of H-pyrrole nitrogens is 1. The van der Waals surface area contributed by atoms with Gasteiger partial charge in [0.25, 0.3) is 5.56 Å². The van der Waals surface area contributed by atoms with Gasteiger partial charge in [0.2, 0.25) is 0 Å². The fourth-order valence-electron chi connectivity index (χ4n) is 2.08. The van der Waals surface area contributed by atoms with Crippen molar-refractivity contribution in [2.45, 2.75) is 18.9 Å². The van der Waals surface area contributed by atoms with E-state index in [1.165, 1.54) is 4.57 Å². The summed E-state index contributed by atoms with van der Waals surface area (Å²) >= 11 is 11.9. The molecule has 0 spiro atoms. The summed E-state index contributed by atoms with van der Waals surface area (Å²) in [5.74, 6) is 0. The van der Waals surface area contributed by atoms with Crippen LogP contribution in [0.1, 0.15) is 18.9 Å². The lowest BCUT2D eigenvalue weighted by Gasteiger charge is -2.08. The highest BCUT2D eigenvalue weighted by Crippen LogP contribution is 2.33. The lowest BCUT2D eigenvalue weighted by Crippen LogP contribution is -2.35. The quantitative estimate of drug-likeness (QED) is 0.867. The van der Waals surface area contributed by atoms with Gasteiger partial charge in [-0.05, 0) is 30.5 Å². The van der Waals surface area contributed by atoms with E-state index in [1.54, 1.807) is 24.3 Å². The summed E-state index contributed by atoms with van der Waals surface area (Å²) in [6.07, 6.45) is 1.69. The Morgan fingerprint density at radius 3 is 2.58 bits per heavy atom. The van der Waals surface area contributed by atoms with Crippen LogP contribution in [0.2, 0.25) is 10.2 Å². The van der Waals surface area contributed by atoms with E-state index < -0.39 is 5.69 Å². The smallest absolute Gasteiger partial charge is 0.297 e. The third kappa shape index (κ3) is 2.22. The zero-order chi connectivity index (χ0) is 13.6. The number of hydrogen-bond acceptors (Lipinski definition) is 2. The molecule has 0 atom stereocenters. The van der Waals surface area contributed by atoms with Gasteiger partial charge in [-0.15, -0.1) is 0 Å². The molecule has 0 amide bonds. The number of hydrogen-bond donors (Lipinski definition) is 1. The summed E-state index contributed by atoms with van der Waals surface area (Å²) in [7, 11) is 0. The van der Waals surface area contributed by atoms with Gasteiger partial charge in [-0.2, -0.15) is 0 Å². The maximum absolute atomic E-state index is 12.4. The lowest BCUT2D eigenvalue weighted by atomic mass is 10.1. The van der Waals surface area contributed by atoms with Crippen LogP contribution in [0.15, 0.2) is 33.9 Å². The van der Waals surface area contributed by atoms with Gasteiger partial charge in [0.05, 0.1) is 5.56 Å². The SMILES string of the molecule is O=c1[nH]c(Cl)c(-c2cccc(Cl)c2)c(=O)n1C1CC1. The van der Waals surface area contributed by atoms with E-state index in [2.05, 4.69) is 4.98 Å². The summed E-state index contributed by atoms with van der Waals surface area (Å²) in [5.41, 5.74) is 0.0746. The number of halogens is 2. The van der Waals surface area contributed by atoms with Crippen molar-refractivity contribution in [2.24, 2.45) is 0 Å². The topological polar surface area (TPSA) is 54.9 Å². The van der Waals surface area contributed by atoms with Crippen LogP contribution in [0.25, 0.3) is 11.1 Å². The van der Waals surface area contributed by atoms with Crippen molar-refractivity contribution in [3.8, 4) is 11.1 Å². The van der Waals surface area contributed by atoms with Gasteiger partial charge in [0, 0.05) is 11.1 Å². The second-order valence-corrected chi connectivity index (χ2v) is 5.35. The molecule has 1 N–H and O–H groups in total. The Hall–Kier alpha value is -1.52. The molecule has 1 fully saturated rings. The van der Waals surface area contributed by atoms with Crippen molar-refractivity contribution in [1.29, 1.82) is 0 Å². The monoisotopic (exact) mass is 296 g/mol. The van der Waals surface area contributed by atoms with E-state index >= 15 is 0 Å².